The van der Waals surface area contributed by atoms with Gasteiger partial charge < -0.3 is 14.8 Å². The van der Waals surface area contributed by atoms with Crippen molar-refractivity contribution in [2.24, 2.45) is 0 Å². The lowest BCUT2D eigenvalue weighted by molar-refractivity contribution is -0.118. The van der Waals surface area contributed by atoms with Crippen LogP contribution in [0.5, 0.6) is 11.5 Å². The van der Waals surface area contributed by atoms with Crippen LogP contribution < -0.4 is 14.8 Å². The summed E-state index contributed by atoms with van der Waals surface area (Å²) in [5.74, 6) is 1.67. The molecule has 148 valence electrons. The third-order valence-electron chi connectivity index (χ3n) is 4.19. The number of amides is 1. The second-order valence-corrected chi connectivity index (χ2v) is 7.23. The highest BCUT2D eigenvalue weighted by molar-refractivity contribution is 7.99. The lowest BCUT2D eigenvalue weighted by atomic mass is 10.1. The van der Waals surface area contributed by atoms with Gasteiger partial charge in [-0.25, -0.2) is 9.50 Å². The van der Waals surface area contributed by atoms with Crippen molar-refractivity contribution in [1.29, 1.82) is 0 Å². The number of methoxy groups -OCH3 is 2. The van der Waals surface area contributed by atoms with Crippen LogP contribution in [0.2, 0.25) is 0 Å². The Bertz CT molecular complexity index is 987. The van der Waals surface area contributed by atoms with E-state index in [0.717, 1.165) is 33.9 Å². The van der Waals surface area contributed by atoms with Crippen molar-refractivity contribution in [1.82, 2.24) is 19.9 Å². The Balaban J connectivity index is 1.94. The molecule has 7 nitrogen and oxygen atoms in total. The van der Waals surface area contributed by atoms with Gasteiger partial charge in [-0.1, -0.05) is 24.8 Å². The Morgan fingerprint density at radius 2 is 2.00 bits per heavy atom. The van der Waals surface area contributed by atoms with E-state index in [4.69, 9.17) is 9.47 Å². The van der Waals surface area contributed by atoms with Crippen molar-refractivity contribution < 1.29 is 14.3 Å². The van der Waals surface area contributed by atoms with Crippen molar-refractivity contribution in [3.63, 3.8) is 0 Å². The van der Waals surface area contributed by atoms with Gasteiger partial charge in [0, 0.05) is 17.8 Å². The highest BCUT2D eigenvalue weighted by atomic mass is 32.2. The summed E-state index contributed by atoms with van der Waals surface area (Å²) in [4.78, 5) is 16.6. The van der Waals surface area contributed by atoms with Crippen LogP contribution in [-0.2, 0) is 4.79 Å². The van der Waals surface area contributed by atoms with E-state index in [1.165, 1.54) is 11.8 Å². The normalized spacial score (nSPS) is 10.9. The molecule has 0 atom stereocenters. The monoisotopic (exact) mass is 400 g/mol. The SMILES string of the molecule is CCCNC(=O)CSc1cc(C)nc2c(-c3ccc(OC)c(OC)c3)cnn12. The number of carbonyl (C=O) groups excluding carboxylic acids is 1. The number of thioether (sulfide) groups is 1. The number of fused-ring (bicyclic) bond motifs is 1. The lowest BCUT2D eigenvalue weighted by Crippen LogP contribution is -2.25. The predicted octanol–water partition coefficient (Wildman–Crippen LogP) is 3.34. The highest BCUT2D eigenvalue weighted by Crippen LogP contribution is 2.34. The van der Waals surface area contributed by atoms with Crippen molar-refractivity contribution in [3.8, 4) is 22.6 Å². The van der Waals surface area contributed by atoms with Crippen LogP contribution in [0.1, 0.15) is 19.0 Å². The van der Waals surface area contributed by atoms with Crippen molar-refractivity contribution in [3.05, 3.63) is 36.2 Å². The molecule has 8 heteroatoms. The molecule has 3 aromatic rings. The maximum absolute atomic E-state index is 12.0. The Labute approximate surface area is 168 Å². The number of hydrogen-bond donors (Lipinski definition) is 1. The van der Waals surface area contributed by atoms with Crippen LogP contribution in [0, 0.1) is 6.92 Å². The van der Waals surface area contributed by atoms with Crippen LogP contribution >= 0.6 is 11.8 Å². The third kappa shape index (κ3) is 4.22. The fraction of sp³-hybridized carbons (Fsp3) is 0.350. The van der Waals surface area contributed by atoms with E-state index in [1.54, 1.807) is 24.9 Å². The molecule has 1 amide bonds. The van der Waals surface area contributed by atoms with Crippen molar-refractivity contribution in [2.75, 3.05) is 26.5 Å². The molecule has 0 saturated heterocycles. The molecule has 1 aromatic carbocycles. The fourth-order valence-electron chi connectivity index (χ4n) is 2.82. The standard InChI is InChI=1S/C20H24N4O3S/c1-5-8-21-18(25)12-28-19-9-13(2)23-20-15(11-22-24(19)20)14-6-7-16(26-3)17(10-14)27-4/h6-7,9-11H,5,8,12H2,1-4H3,(H,21,25). The minimum atomic E-state index is 0.0155. The second kappa shape index (κ2) is 8.97. The number of rotatable bonds is 8. The number of nitrogens with zero attached hydrogens (tertiary/aromatic N) is 3. The fourth-order valence-corrected chi connectivity index (χ4v) is 3.71. The van der Waals surface area contributed by atoms with Crippen LogP contribution in [-0.4, -0.2) is 47.0 Å². The maximum atomic E-state index is 12.0. The Kier molecular flexibility index (Phi) is 6.41. The largest absolute Gasteiger partial charge is 0.493 e. The van der Waals surface area contributed by atoms with E-state index in [-0.39, 0.29) is 5.91 Å². The molecule has 3 rings (SSSR count). The van der Waals surface area contributed by atoms with Gasteiger partial charge in [0.15, 0.2) is 17.1 Å². The first-order valence-corrected chi connectivity index (χ1v) is 10.0. The zero-order valence-electron chi connectivity index (χ0n) is 16.5. The molecule has 2 aromatic heterocycles. The zero-order chi connectivity index (χ0) is 20.1. The average Bonchev–Trinajstić information content (AvgIpc) is 3.13. The van der Waals surface area contributed by atoms with Gasteiger partial charge in [0.1, 0.15) is 5.03 Å². The molecule has 0 radical (unpaired) electrons. The highest BCUT2D eigenvalue weighted by Gasteiger charge is 2.15. The Hall–Kier alpha value is -2.74. The first-order valence-electron chi connectivity index (χ1n) is 9.04. The Morgan fingerprint density at radius 3 is 2.71 bits per heavy atom. The molecule has 28 heavy (non-hydrogen) atoms. The van der Waals surface area contributed by atoms with E-state index in [9.17, 15) is 4.79 Å². The predicted molar refractivity (Wildman–Crippen MR) is 110 cm³/mol. The second-order valence-electron chi connectivity index (χ2n) is 6.24. The van der Waals surface area contributed by atoms with Crippen molar-refractivity contribution >= 4 is 23.3 Å². The quantitative estimate of drug-likeness (QED) is 0.462. The van der Waals surface area contributed by atoms with Gasteiger partial charge in [-0.15, -0.1) is 0 Å². The summed E-state index contributed by atoms with van der Waals surface area (Å²) in [7, 11) is 3.22. The topological polar surface area (TPSA) is 77.8 Å². The molecule has 0 aliphatic heterocycles. The molecule has 0 saturated carbocycles. The summed E-state index contributed by atoms with van der Waals surface area (Å²) >= 11 is 1.45. The molecule has 0 fully saturated rings. The number of nitrogens with one attached hydrogen (secondary N) is 1. The molecule has 1 N–H and O–H groups in total. The molecule has 0 unspecified atom stereocenters. The van der Waals surface area contributed by atoms with Gasteiger partial charge in [-0.05, 0) is 37.1 Å². The van der Waals surface area contributed by atoms with Crippen molar-refractivity contribution in [2.45, 2.75) is 25.3 Å². The van der Waals surface area contributed by atoms with Gasteiger partial charge in [0.25, 0.3) is 0 Å². The van der Waals surface area contributed by atoms with Gasteiger partial charge in [-0.3, -0.25) is 4.79 Å². The first-order chi connectivity index (χ1) is 13.6. The molecule has 0 spiro atoms. The smallest absolute Gasteiger partial charge is 0.230 e. The van der Waals surface area contributed by atoms with Gasteiger partial charge in [0.05, 0.1) is 26.2 Å². The van der Waals surface area contributed by atoms with Crippen LogP contribution in [0.3, 0.4) is 0 Å². The molecule has 2 heterocycles. The number of carbonyl (C=O) groups is 1. The van der Waals surface area contributed by atoms with E-state index in [2.05, 4.69) is 15.4 Å². The minimum Gasteiger partial charge on any atom is -0.493 e. The van der Waals surface area contributed by atoms with Crippen LogP contribution in [0.4, 0.5) is 0 Å². The third-order valence-corrected chi connectivity index (χ3v) is 5.18. The summed E-state index contributed by atoms with van der Waals surface area (Å²) < 4.78 is 12.5. The Morgan fingerprint density at radius 1 is 1.21 bits per heavy atom. The summed E-state index contributed by atoms with van der Waals surface area (Å²) in [6.45, 7) is 4.66. The lowest BCUT2D eigenvalue weighted by Gasteiger charge is -2.10. The summed E-state index contributed by atoms with van der Waals surface area (Å²) in [6.07, 6.45) is 2.70. The van der Waals surface area contributed by atoms with Gasteiger partial charge in [0.2, 0.25) is 5.91 Å². The number of hydrogen-bond acceptors (Lipinski definition) is 6. The summed E-state index contributed by atoms with van der Waals surface area (Å²) in [5, 5.41) is 8.27. The van der Waals surface area contributed by atoms with E-state index < -0.39 is 0 Å². The minimum absolute atomic E-state index is 0.0155. The zero-order valence-corrected chi connectivity index (χ0v) is 17.3. The number of aryl methyl sites for hydroxylation is 1. The number of benzene rings is 1. The number of aromatic nitrogens is 3. The van der Waals surface area contributed by atoms with E-state index in [0.29, 0.717) is 23.8 Å². The first kappa shape index (κ1) is 20.0. The van der Waals surface area contributed by atoms with Gasteiger partial charge >= 0.3 is 0 Å². The molecule has 0 aliphatic rings. The summed E-state index contributed by atoms with van der Waals surface area (Å²) in [6, 6.07) is 7.66. The summed E-state index contributed by atoms with van der Waals surface area (Å²) in [5.41, 5.74) is 3.43. The maximum Gasteiger partial charge on any atom is 0.230 e. The molecule has 0 bridgehead atoms. The average molecular weight is 401 g/mol. The van der Waals surface area contributed by atoms with Gasteiger partial charge in [-0.2, -0.15) is 5.10 Å². The molecular weight excluding hydrogens is 376 g/mol. The van der Waals surface area contributed by atoms with E-state index >= 15 is 0 Å². The van der Waals surface area contributed by atoms with Crippen LogP contribution in [0.15, 0.2) is 35.5 Å². The van der Waals surface area contributed by atoms with E-state index in [1.807, 2.05) is 38.1 Å². The van der Waals surface area contributed by atoms with Crippen LogP contribution in [0.25, 0.3) is 16.8 Å². The molecular formula is C20H24N4O3S. The molecule has 0 aliphatic carbocycles. The number of ether oxygens (including phenoxy) is 2.